The summed E-state index contributed by atoms with van der Waals surface area (Å²) in [6.45, 7) is 10.4. The molecule has 9 nitrogen and oxygen atoms in total. The average molecular weight is 563 g/mol. The highest BCUT2D eigenvalue weighted by Crippen LogP contribution is 2.29. The minimum Gasteiger partial charge on any atom is -0.497 e. The lowest BCUT2D eigenvalue weighted by atomic mass is 10.1. The first-order chi connectivity index (χ1) is 14.9. The molecule has 1 fully saturated rings. The summed E-state index contributed by atoms with van der Waals surface area (Å²) in [6, 6.07) is 5.49. The van der Waals surface area contributed by atoms with Crippen molar-refractivity contribution >= 4 is 35.8 Å². The van der Waals surface area contributed by atoms with Gasteiger partial charge in [-0.3, -0.25) is 14.7 Å². The zero-order valence-electron chi connectivity index (χ0n) is 19.8. The van der Waals surface area contributed by atoms with E-state index in [0.717, 1.165) is 38.7 Å². The number of aliphatic hydroxyl groups excluding tert-OH is 1. The number of hydrogen-bond acceptors (Lipinski definition) is 6. The summed E-state index contributed by atoms with van der Waals surface area (Å²) in [5, 5.41) is 17.0. The standard InChI is InChI=1S/C22H37N5O4.HI/c1-6-23-22(27-11-9-26(10-12-27)15-21(29)25-16(2)3)24-14-19(28)18-13-17(30-4)7-8-20(18)31-5;/h7-8,13,16,19,28H,6,9-12,14-15H2,1-5H3,(H,23,24)(H,25,29);1H. The number of rotatable bonds is 9. The molecule has 1 heterocycles. The van der Waals surface area contributed by atoms with Crippen LogP contribution in [0.4, 0.5) is 0 Å². The van der Waals surface area contributed by atoms with E-state index in [1.807, 2.05) is 20.8 Å². The average Bonchev–Trinajstić information content (AvgIpc) is 2.76. The molecule has 0 radical (unpaired) electrons. The molecule has 1 aliphatic heterocycles. The molecule has 0 aliphatic carbocycles. The first-order valence-electron chi connectivity index (χ1n) is 10.8. The van der Waals surface area contributed by atoms with Crippen molar-refractivity contribution in [1.82, 2.24) is 20.4 Å². The molecule has 2 rings (SSSR count). The van der Waals surface area contributed by atoms with Gasteiger partial charge in [-0.05, 0) is 39.0 Å². The lowest BCUT2D eigenvalue weighted by molar-refractivity contribution is -0.123. The number of piperazine rings is 1. The van der Waals surface area contributed by atoms with Crippen LogP contribution in [-0.2, 0) is 4.79 Å². The summed E-state index contributed by atoms with van der Waals surface area (Å²) in [5.74, 6) is 2.07. The van der Waals surface area contributed by atoms with Crippen molar-refractivity contribution in [2.75, 3.05) is 60.0 Å². The molecule has 32 heavy (non-hydrogen) atoms. The third-order valence-electron chi connectivity index (χ3n) is 5.03. The zero-order valence-corrected chi connectivity index (χ0v) is 22.1. The highest BCUT2D eigenvalue weighted by Gasteiger charge is 2.22. The van der Waals surface area contributed by atoms with Gasteiger partial charge in [-0.2, -0.15) is 0 Å². The van der Waals surface area contributed by atoms with E-state index < -0.39 is 6.10 Å². The number of benzene rings is 1. The summed E-state index contributed by atoms with van der Waals surface area (Å²) >= 11 is 0. The number of amides is 1. The van der Waals surface area contributed by atoms with Crippen molar-refractivity contribution in [3.8, 4) is 11.5 Å². The van der Waals surface area contributed by atoms with E-state index in [2.05, 4.69) is 25.4 Å². The van der Waals surface area contributed by atoms with E-state index in [1.165, 1.54) is 0 Å². The largest absolute Gasteiger partial charge is 0.497 e. The Morgan fingerprint density at radius 1 is 1.19 bits per heavy atom. The van der Waals surface area contributed by atoms with Gasteiger partial charge in [0, 0.05) is 44.3 Å². The highest BCUT2D eigenvalue weighted by atomic mass is 127. The van der Waals surface area contributed by atoms with Gasteiger partial charge in [0.25, 0.3) is 0 Å². The number of carbonyl (C=O) groups excluding carboxylic acids is 1. The fourth-order valence-corrected chi connectivity index (χ4v) is 3.49. The number of carbonyl (C=O) groups is 1. The fourth-order valence-electron chi connectivity index (χ4n) is 3.49. The number of methoxy groups -OCH3 is 2. The first-order valence-corrected chi connectivity index (χ1v) is 10.8. The molecule has 3 N–H and O–H groups in total. The Morgan fingerprint density at radius 3 is 2.44 bits per heavy atom. The van der Waals surface area contributed by atoms with E-state index in [0.29, 0.717) is 23.6 Å². The number of halogens is 1. The Morgan fingerprint density at radius 2 is 1.88 bits per heavy atom. The molecule has 1 aromatic carbocycles. The normalized spacial score (nSPS) is 15.7. The van der Waals surface area contributed by atoms with Gasteiger partial charge < -0.3 is 30.1 Å². The Balaban J connectivity index is 0.00000512. The maximum Gasteiger partial charge on any atom is 0.234 e. The van der Waals surface area contributed by atoms with Crippen molar-refractivity contribution in [2.24, 2.45) is 4.99 Å². The van der Waals surface area contributed by atoms with Crippen LogP contribution in [0.5, 0.6) is 11.5 Å². The Bertz CT molecular complexity index is 739. The van der Waals surface area contributed by atoms with Crippen LogP contribution in [0.2, 0.25) is 0 Å². The van der Waals surface area contributed by atoms with Crippen LogP contribution in [0.25, 0.3) is 0 Å². The first kappa shape index (κ1) is 28.2. The zero-order chi connectivity index (χ0) is 22.8. The molecule has 1 saturated heterocycles. The number of nitrogens with zero attached hydrogens (tertiary/aromatic N) is 3. The van der Waals surface area contributed by atoms with Crippen molar-refractivity contribution in [1.29, 1.82) is 0 Å². The third kappa shape index (κ3) is 8.62. The molecule has 10 heteroatoms. The van der Waals surface area contributed by atoms with Crippen LogP contribution in [0.15, 0.2) is 23.2 Å². The third-order valence-corrected chi connectivity index (χ3v) is 5.03. The predicted molar refractivity (Wildman–Crippen MR) is 137 cm³/mol. The second-order valence-corrected chi connectivity index (χ2v) is 7.80. The number of hydrogen-bond donors (Lipinski definition) is 3. The number of ether oxygens (including phenoxy) is 2. The van der Waals surface area contributed by atoms with Gasteiger partial charge in [0.15, 0.2) is 5.96 Å². The van der Waals surface area contributed by atoms with Crippen molar-refractivity contribution in [3.05, 3.63) is 23.8 Å². The second-order valence-electron chi connectivity index (χ2n) is 7.80. The Hall–Kier alpha value is -1.79. The van der Waals surface area contributed by atoms with E-state index in [9.17, 15) is 9.90 Å². The fraction of sp³-hybridized carbons (Fsp3) is 0.636. The van der Waals surface area contributed by atoms with Gasteiger partial charge >= 0.3 is 0 Å². The monoisotopic (exact) mass is 563 g/mol. The summed E-state index contributed by atoms with van der Waals surface area (Å²) in [4.78, 5) is 21.0. The maximum atomic E-state index is 12.0. The highest BCUT2D eigenvalue weighted by molar-refractivity contribution is 14.0. The number of aliphatic hydroxyl groups is 1. The summed E-state index contributed by atoms with van der Waals surface area (Å²) in [6.07, 6.45) is -0.820. The Kier molecular flexibility index (Phi) is 12.7. The van der Waals surface area contributed by atoms with Crippen molar-refractivity contribution < 1.29 is 19.4 Å². The van der Waals surface area contributed by atoms with Gasteiger partial charge in [0.05, 0.1) is 27.3 Å². The van der Waals surface area contributed by atoms with Gasteiger partial charge in [-0.25, -0.2) is 0 Å². The Labute approximate surface area is 208 Å². The van der Waals surface area contributed by atoms with Gasteiger partial charge in [0.1, 0.15) is 17.6 Å². The number of nitrogens with one attached hydrogen (secondary N) is 2. The predicted octanol–water partition coefficient (Wildman–Crippen LogP) is 1.46. The van der Waals surface area contributed by atoms with E-state index in [4.69, 9.17) is 9.47 Å². The van der Waals surface area contributed by atoms with Crippen LogP contribution >= 0.6 is 24.0 Å². The van der Waals surface area contributed by atoms with Crippen LogP contribution in [-0.4, -0.2) is 92.8 Å². The molecular formula is C22H38IN5O4. The van der Waals surface area contributed by atoms with Crippen molar-refractivity contribution in [2.45, 2.75) is 32.9 Å². The van der Waals surface area contributed by atoms with Crippen molar-refractivity contribution in [3.63, 3.8) is 0 Å². The lowest BCUT2D eigenvalue weighted by Gasteiger charge is -2.36. The molecule has 1 atom stereocenters. The minimum absolute atomic E-state index is 0. The van der Waals surface area contributed by atoms with Crippen LogP contribution in [0.3, 0.4) is 0 Å². The van der Waals surface area contributed by atoms with Crippen LogP contribution in [0, 0.1) is 0 Å². The smallest absolute Gasteiger partial charge is 0.234 e. The molecular weight excluding hydrogens is 525 g/mol. The second kappa shape index (κ2) is 14.4. The van der Waals surface area contributed by atoms with Crippen LogP contribution in [0.1, 0.15) is 32.4 Å². The topological polar surface area (TPSA) is 98.7 Å². The molecule has 1 amide bonds. The van der Waals surface area contributed by atoms with Gasteiger partial charge in [0.2, 0.25) is 5.91 Å². The lowest BCUT2D eigenvalue weighted by Crippen LogP contribution is -2.54. The number of guanidine groups is 1. The summed E-state index contributed by atoms with van der Waals surface area (Å²) < 4.78 is 10.6. The molecule has 1 unspecified atom stereocenters. The van der Waals surface area contributed by atoms with Gasteiger partial charge in [-0.15, -0.1) is 24.0 Å². The SMILES string of the molecule is CCNC(=NCC(O)c1cc(OC)ccc1OC)N1CCN(CC(=O)NC(C)C)CC1.I. The summed E-state index contributed by atoms with van der Waals surface area (Å²) in [5.41, 5.74) is 0.641. The van der Waals surface area contributed by atoms with E-state index >= 15 is 0 Å². The molecule has 0 saturated carbocycles. The molecule has 0 bridgehead atoms. The molecule has 182 valence electrons. The molecule has 0 spiro atoms. The van der Waals surface area contributed by atoms with Gasteiger partial charge in [-0.1, -0.05) is 0 Å². The van der Waals surface area contributed by atoms with E-state index in [-0.39, 0.29) is 42.5 Å². The quantitative estimate of drug-likeness (QED) is 0.238. The number of aliphatic imine (C=N–C) groups is 1. The molecule has 0 aromatic heterocycles. The minimum atomic E-state index is -0.820. The maximum absolute atomic E-state index is 12.0. The molecule has 1 aromatic rings. The summed E-state index contributed by atoms with van der Waals surface area (Å²) in [7, 11) is 3.16. The molecule has 1 aliphatic rings. The van der Waals surface area contributed by atoms with E-state index in [1.54, 1.807) is 32.4 Å². The van der Waals surface area contributed by atoms with Crippen LogP contribution < -0.4 is 20.1 Å².